The molecule has 1 heterocycles. The summed E-state index contributed by atoms with van der Waals surface area (Å²) in [4.78, 5) is 15.7. The zero-order valence-corrected chi connectivity index (χ0v) is 10.3. The third kappa shape index (κ3) is 3.84. The van der Waals surface area contributed by atoms with Crippen molar-refractivity contribution in [3.8, 4) is 0 Å². The average molecular weight is 236 g/mol. The number of rotatable bonds is 4. The van der Waals surface area contributed by atoms with Crippen LogP contribution in [0.15, 0.2) is 0 Å². The molecule has 0 radical (unpaired) electrons. The van der Waals surface area contributed by atoms with Crippen LogP contribution in [0.25, 0.3) is 0 Å². The maximum absolute atomic E-state index is 11.7. The van der Waals surface area contributed by atoms with Crippen LogP contribution in [0, 0.1) is 12.8 Å². The van der Waals surface area contributed by atoms with Crippen molar-refractivity contribution in [3.63, 3.8) is 0 Å². The summed E-state index contributed by atoms with van der Waals surface area (Å²) in [6, 6.07) is 0. The highest BCUT2D eigenvalue weighted by atomic mass is 16.1. The van der Waals surface area contributed by atoms with Crippen molar-refractivity contribution in [1.82, 2.24) is 15.2 Å². The van der Waals surface area contributed by atoms with Gasteiger partial charge in [0.2, 0.25) is 11.9 Å². The molecule has 2 N–H and O–H groups in total. The van der Waals surface area contributed by atoms with Crippen LogP contribution in [0.4, 0.5) is 5.95 Å². The Balaban J connectivity index is 1.70. The van der Waals surface area contributed by atoms with Gasteiger partial charge in [-0.3, -0.25) is 15.2 Å². The van der Waals surface area contributed by atoms with Crippen LogP contribution in [-0.2, 0) is 4.79 Å². The van der Waals surface area contributed by atoms with E-state index in [1.165, 1.54) is 32.1 Å². The molecule has 0 saturated heterocycles. The van der Waals surface area contributed by atoms with Gasteiger partial charge < -0.3 is 0 Å². The van der Waals surface area contributed by atoms with Gasteiger partial charge in [0, 0.05) is 6.42 Å². The number of aromatic nitrogens is 3. The Morgan fingerprint density at radius 2 is 2.18 bits per heavy atom. The van der Waals surface area contributed by atoms with Gasteiger partial charge in [0.25, 0.3) is 0 Å². The molecule has 1 aliphatic rings. The molecule has 94 valence electrons. The van der Waals surface area contributed by atoms with Gasteiger partial charge >= 0.3 is 0 Å². The Kier molecular flexibility index (Phi) is 4.12. The number of hydrogen-bond acceptors (Lipinski definition) is 3. The fourth-order valence-corrected chi connectivity index (χ4v) is 2.40. The molecule has 1 amide bonds. The Morgan fingerprint density at radius 1 is 1.41 bits per heavy atom. The molecule has 1 fully saturated rings. The van der Waals surface area contributed by atoms with Crippen LogP contribution < -0.4 is 5.32 Å². The number of hydrogen-bond donors (Lipinski definition) is 2. The SMILES string of the molecule is Cc1nc(NC(=O)CCC2CCCCC2)n[nH]1. The molecular weight excluding hydrogens is 216 g/mol. The van der Waals surface area contributed by atoms with Crippen LogP contribution in [-0.4, -0.2) is 21.1 Å². The van der Waals surface area contributed by atoms with Crippen molar-refractivity contribution in [2.45, 2.75) is 51.9 Å². The number of aryl methyl sites for hydroxylation is 1. The van der Waals surface area contributed by atoms with Crippen molar-refractivity contribution in [1.29, 1.82) is 0 Å². The van der Waals surface area contributed by atoms with Crippen LogP contribution in [0.1, 0.15) is 50.8 Å². The van der Waals surface area contributed by atoms with E-state index in [1.807, 2.05) is 6.92 Å². The van der Waals surface area contributed by atoms with Gasteiger partial charge in [-0.05, 0) is 19.3 Å². The first-order chi connectivity index (χ1) is 8.24. The first kappa shape index (κ1) is 12.1. The first-order valence-electron chi connectivity index (χ1n) is 6.43. The topological polar surface area (TPSA) is 70.7 Å². The standard InChI is InChI=1S/C12H20N4O/c1-9-13-12(16-15-9)14-11(17)8-7-10-5-3-2-4-6-10/h10H,2-8H2,1H3,(H2,13,14,15,16,17). The van der Waals surface area contributed by atoms with Crippen molar-refractivity contribution in [2.75, 3.05) is 5.32 Å². The van der Waals surface area contributed by atoms with Gasteiger partial charge in [0.15, 0.2) is 0 Å². The molecule has 0 bridgehead atoms. The Hall–Kier alpha value is -1.39. The van der Waals surface area contributed by atoms with Crippen molar-refractivity contribution in [2.24, 2.45) is 5.92 Å². The van der Waals surface area contributed by atoms with E-state index in [-0.39, 0.29) is 5.91 Å². The maximum atomic E-state index is 11.7. The molecule has 1 saturated carbocycles. The predicted molar refractivity (Wildman–Crippen MR) is 65.6 cm³/mol. The second kappa shape index (κ2) is 5.80. The first-order valence-corrected chi connectivity index (χ1v) is 6.43. The molecule has 5 nitrogen and oxygen atoms in total. The minimum Gasteiger partial charge on any atom is -0.293 e. The molecule has 0 aliphatic heterocycles. The fourth-order valence-electron chi connectivity index (χ4n) is 2.40. The fraction of sp³-hybridized carbons (Fsp3) is 0.750. The lowest BCUT2D eigenvalue weighted by molar-refractivity contribution is -0.116. The van der Waals surface area contributed by atoms with E-state index in [0.29, 0.717) is 18.2 Å². The molecule has 0 unspecified atom stereocenters. The molecule has 17 heavy (non-hydrogen) atoms. The lowest BCUT2D eigenvalue weighted by atomic mass is 9.86. The van der Waals surface area contributed by atoms with E-state index < -0.39 is 0 Å². The van der Waals surface area contributed by atoms with E-state index in [9.17, 15) is 4.79 Å². The quantitative estimate of drug-likeness (QED) is 0.843. The molecule has 0 atom stereocenters. The minimum absolute atomic E-state index is 0.0228. The van der Waals surface area contributed by atoms with Gasteiger partial charge in [-0.1, -0.05) is 32.1 Å². The molecule has 1 aromatic rings. The molecule has 0 spiro atoms. The number of H-pyrrole nitrogens is 1. The Morgan fingerprint density at radius 3 is 2.82 bits per heavy atom. The van der Waals surface area contributed by atoms with Gasteiger partial charge in [-0.25, -0.2) is 0 Å². The number of anilines is 1. The zero-order valence-electron chi connectivity index (χ0n) is 10.3. The average Bonchev–Trinajstić information content (AvgIpc) is 2.73. The summed E-state index contributed by atoms with van der Waals surface area (Å²) in [6.07, 6.45) is 8.16. The number of carbonyl (C=O) groups excluding carboxylic acids is 1. The summed E-state index contributed by atoms with van der Waals surface area (Å²) in [6.45, 7) is 1.81. The highest BCUT2D eigenvalue weighted by molar-refractivity contribution is 5.88. The zero-order chi connectivity index (χ0) is 12.1. The van der Waals surface area contributed by atoms with E-state index in [0.717, 1.165) is 12.3 Å². The molecule has 2 rings (SSSR count). The summed E-state index contributed by atoms with van der Waals surface area (Å²) in [5, 5.41) is 9.30. The van der Waals surface area contributed by atoms with Crippen molar-refractivity contribution in [3.05, 3.63) is 5.82 Å². The van der Waals surface area contributed by atoms with Gasteiger partial charge in [0.05, 0.1) is 0 Å². The summed E-state index contributed by atoms with van der Waals surface area (Å²) in [5.74, 6) is 1.86. The highest BCUT2D eigenvalue weighted by Gasteiger charge is 2.15. The monoisotopic (exact) mass is 236 g/mol. The smallest absolute Gasteiger partial charge is 0.248 e. The van der Waals surface area contributed by atoms with Crippen molar-refractivity contribution < 1.29 is 4.79 Å². The number of carbonyl (C=O) groups is 1. The van der Waals surface area contributed by atoms with Crippen LogP contribution in [0.2, 0.25) is 0 Å². The molecular formula is C12H20N4O. The van der Waals surface area contributed by atoms with Crippen LogP contribution in [0.3, 0.4) is 0 Å². The minimum atomic E-state index is 0.0228. The number of nitrogens with one attached hydrogen (secondary N) is 2. The Bertz CT molecular complexity index is 368. The predicted octanol–water partition coefficient (Wildman–Crippen LogP) is 2.41. The molecule has 1 aliphatic carbocycles. The summed E-state index contributed by atoms with van der Waals surface area (Å²) >= 11 is 0. The van der Waals surface area contributed by atoms with Gasteiger partial charge in [-0.15, -0.1) is 5.10 Å². The molecule has 5 heteroatoms. The second-order valence-electron chi connectivity index (χ2n) is 4.84. The molecule has 0 aromatic carbocycles. The number of amides is 1. The third-order valence-electron chi connectivity index (χ3n) is 3.35. The van der Waals surface area contributed by atoms with E-state index in [2.05, 4.69) is 20.5 Å². The number of aromatic amines is 1. The van der Waals surface area contributed by atoms with E-state index in [4.69, 9.17) is 0 Å². The highest BCUT2D eigenvalue weighted by Crippen LogP contribution is 2.27. The normalized spacial score (nSPS) is 17.0. The van der Waals surface area contributed by atoms with Crippen LogP contribution in [0.5, 0.6) is 0 Å². The summed E-state index contributed by atoms with van der Waals surface area (Å²) < 4.78 is 0. The van der Waals surface area contributed by atoms with Gasteiger partial charge in [0.1, 0.15) is 5.82 Å². The second-order valence-corrected chi connectivity index (χ2v) is 4.84. The summed E-state index contributed by atoms with van der Waals surface area (Å²) in [5.41, 5.74) is 0. The number of nitrogens with zero attached hydrogens (tertiary/aromatic N) is 2. The lowest BCUT2D eigenvalue weighted by Gasteiger charge is -2.20. The maximum Gasteiger partial charge on any atom is 0.248 e. The van der Waals surface area contributed by atoms with Crippen molar-refractivity contribution >= 4 is 11.9 Å². The summed E-state index contributed by atoms with van der Waals surface area (Å²) in [7, 11) is 0. The van der Waals surface area contributed by atoms with Gasteiger partial charge in [-0.2, -0.15) is 4.98 Å². The Labute approximate surface area is 101 Å². The van der Waals surface area contributed by atoms with Crippen LogP contribution >= 0.6 is 0 Å². The lowest BCUT2D eigenvalue weighted by Crippen LogP contribution is -2.15. The third-order valence-corrected chi connectivity index (χ3v) is 3.35. The largest absolute Gasteiger partial charge is 0.293 e. The van der Waals surface area contributed by atoms with E-state index in [1.54, 1.807) is 0 Å². The molecule has 1 aromatic heterocycles. The van der Waals surface area contributed by atoms with E-state index >= 15 is 0 Å².